The van der Waals surface area contributed by atoms with Gasteiger partial charge < -0.3 is 22.3 Å². The van der Waals surface area contributed by atoms with Crippen molar-refractivity contribution in [2.24, 2.45) is 5.73 Å². The highest BCUT2D eigenvalue weighted by Gasteiger charge is 2.08. The molecule has 12 heavy (non-hydrogen) atoms. The van der Waals surface area contributed by atoms with Gasteiger partial charge in [0.2, 0.25) is 0 Å². The van der Waals surface area contributed by atoms with E-state index < -0.39 is 6.04 Å². The monoisotopic (exact) mass is 167 g/mol. The largest absolute Gasteiger partial charge is 0.397 e. The molecule has 1 atom stereocenters. The molecule has 0 bridgehead atoms. The topological polar surface area (TPSA) is 98.3 Å². The Hall–Kier alpha value is -1.26. The first-order valence-electron chi connectivity index (χ1n) is 3.67. The van der Waals surface area contributed by atoms with Gasteiger partial charge in [0.15, 0.2) is 0 Å². The number of para-hydroxylation sites is 1. The van der Waals surface area contributed by atoms with E-state index in [1.807, 2.05) is 0 Å². The Bertz CT molecular complexity index is 275. The van der Waals surface area contributed by atoms with Gasteiger partial charge in [-0.3, -0.25) is 0 Å². The lowest BCUT2D eigenvalue weighted by molar-refractivity contribution is 0.268. The first kappa shape index (κ1) is 8.83. The summed E-state index contributed by atoms with van der Waals surface area (Å²) in [5.41, 5.74) is 18.4. The van der Waals surface area contributed by atoms with Crippen LogP contribution >= 0.6 is 0 Å². The predicted molar refractivity (Wildman–Crippen MR) is 49.3 cm³/mol. The van der Waals surface area contributed by atoms with Crippen LogP contribution in [0.15, 0.2) is 18.2 Å². The minimum absolute atomic E-state index is 0.131. The van der Waals surface area contributed by atoms with Crippen molar-refractivity contribution in [3.05, 3.63) is 23.8 Å². The van der Waals surface area contributed by atoms with Crippen molar-refractivity contribution in [3.8, 4) is 0 Å². The molecule has 1 aromatic rings. The van der Waals surface area contributed by atoms with Gasteiger partial charge in [0.1, 0.15) is 0 Å². The second-order valence-corrected chi connectivity index (χ2v) is 2.64. The fourth-order valence-electron chi connectivity index (χ4n) is 1.02. The zero-order valence-electron chi connectivity index (χ0n) is 6.70. The first-order chi connectivity index (χ1) is 5.66. The lowest BCUT2D eigenvalue weighted by Gasteiger charge is -2.12. The molecule has 0 aliphatic carbocycles. The molecule has 0 saturated carbocycles. The normalized spacial score (nSPS) is 12.8. The van der Waals surface area contributed by atoms with Gasteiger partial charge in [-0.05, 0) is 11.6 Å². The van der Waals surface area contributed by atoms with Gasteiger partial charge in [0, 0.05) is 0 Å². The third kappa shape index (κ3) is 1.49. The van der Waals surface area contributed by atoms with E-state index in [-0.39, 0.29) is 6.61 Å². The number of rotatable bonds is 2. The fraction of sp³-hybridized carbons (Fsp3) is 0.250. The van der Waals surface area contributed by atoms with Gasteiger partial charge in [0.05, 0.1) is 24.0 Å². The zero-order valence-corrected chi connectivity index (χ0v) is 6.70. The van der Waals surface area contributed by atoms with E-state index in [0.29, 0.717) is 16.9 Å². The van der Waals surface area contributed by atoms with Crippen LogP contribution < -0.4 is 17.2 Å². The van der Waals surface area contributed by atoms with E-state index in [9.17, 15) is 0 Å². The van der Waals surface area contributed by atoms with Crippen LogP contribution in [0.25, 0.3) is 0 Å². The molecule has 0 aromatic heterocycles. The molecule has 0 radical (unpaired) electrons. The Kier molecular flexibility index (Phi) is 2.52. The summed E-state index contributed by atoms with van der Waals surface area (Å²) in [5, 5.41) is 8.78. The zero-order chi connectivity index (χ0) is 9.14. The molecule has 4 heteroatoms. The quantitative estimate of drug-likeness (QED) is 0.460. The van der Waals surface area contributed by atoms with Gasteiger partial charge >= 0.3 is 0 Å². The molecule has 0 unspecified atom stereocenters. The molecular formula is C8H13N3O. The van der Waals surface area contributed by atoms with Crippen LogP contribution in [0.4, 0.5) is 11.4 Å². The van der Waals surface area contributed by atoms with Crippen LogP contribution in [0, 0.1) is 0 Å². The van der Waals surface area contributed by atoms with E-state index in [0.717, 1.165) is 0 Å². The van der Waals surface area contributed by atoms with E-state index >= 15 is 0 Å². The number of nitrogen functional groups attached to an aromatic ring is 2. The smallest absolute Gasteiger partial charge is 0.0625 e. The van der Waals surface area contributed by atoms with E-state index in [4.69, 9.17) is 22.3 Å². The van der Waals surface area contributed by atoms with Crippen LogP contribution in [0.5, 0.6) is 0 Å². The minimum atomic E-state index is -0.450. The van der Waals surface area contributed by atoms with Gasteiger partial charge in [-0.15, -0.1) is 0 Å². The van der Waals surface area contributed by atoms with Gasteiger partial charge in [-0.1, -0.05) is 12.1 Å². The summed E-state index contributed by atoms with van der Waals surface area (Å²) in [6.45, 7) is -0.131. The molecule has 1 rings (SSSR count). The van der Waals surface area contributed by atoms with Crippen molar-refractivity contribution < 1.29 is 5.11 Å². The number of aliphatic hydroxyl groups is 1. The molecule has 0 aliphatic heterocycles. The summed E-state index contributed by atoms with van der Waals surface area (Å²) in [5.74, 6) is 0. The molecule has 7 N–H and O–H groups in total. The second-order valence-electron chi connectivity index (χ2n) is 2.64. The van der Waals surface area contributed by atoms with Crippen molar-refractivity contribution in [2.75, 3.05) is 18.1 Å². The predicted octanol–water partition coefficient (Wildman–Crippen LogP) is -0.157. The van der Waals surface area contributed by atoms with E-state index in [2.05, 4.69) is 0 Å². The highest BCUT2D eigenvalue weighted by atomic mass is 16.3. The Morgan fingerprint density at radius 3 is 2.58 bits per heavy atom. The maximum absolute atomic E-state index is 8.78. The highest BCUT2D eigenvalue weighted by Crippen LogP contribution is 2.23. The Morgan fingerprint density at radius 2 is 2.00 bits per heavy atom. The average Bonchev–Trinajstić information content (AvgIpc) is 2.08. The number of benzene rings is 1. The van der Waals surface area contributed by atoms with Crippen LogP contribution in [0.1, 0.15) is 11.6 Å². The number of nitrogens with two attached hydrogens (primary N) is 3. The van der Waals surface area contributed by atoms with Crippen LogP contribution in [0.3, 0.4) is 0 Å². The lowest BCUT2D eigenvalue weighted by atomic mass is 10.1. The number of hydrogen-bond donors (Lipinski definition) is 4. The third-order valence-corrected chi connectivity index (χ3v) is 1.77. The molecule has 0 aliphatic rings. The third-order valence-electron chi connectivity index (χ3n) is 1.77. The number of hydrogen-bond acceptors (Lipinski definition) is 4. The Balaban J connectivity index is 3.07. The molecule has 0 spiro atoms. The molecule has 0 heterocycles. The molecule has 0 saturated heterocycles. The fourth-order valence-corrected chi connectivity index (χ4v) is 1.02. The molecular weight excluding hydrogens is 154 g/mol. The SMILES string of the molecule is Nc1cccc([C@@H](N)CO)c1N. The van der Waals surface area contributed by atoms with Gasteiger partial charge in [-0.25, -0.2) is 0 Å². The molecule has 1 aromatic carbocycles. The average molecular weight is 167 g/mol. The molecule has 0 amide bonds. The van der Waals surface area contributed by atoms with Crippen molar-refractivity contribution in [2.45, 2.75) is 6.04 Å². The summed E-state index contributed by atoms with van der Waals surface area (Å²) >= 11 is 0. The Morgan fingerprint density at radius 1 is 1.33 bits per heavy atom. The summed E-state index contributed by atoms with van der Waals surface area (Å²) in [6.07, 6.45) is 0. The van der Waals surface area contributed by atoms with Crippen molar-refractivity contribution in [3.63, 3.8) is 0 Å². The number of anilines is 2. The van der Waals surface area contributed by atoms with Crippen molar-refractivity contribution >= 4 is 11.4 Å². The van der Waals surface area contributed by atoms with Crippen LogP contribution in [0.2, 0.25) is 0 Å². The molecule has 66 valence electrons. The van der Waals surface area contributed by atoms with Gasteiger partial charge in [-0.2, -0.15) is 0 Å². The van der Waals surface area contributed by atoms with E-state index in [1.54, 1.807) is 18.2 Å². The summed E-state index contributed by atoms with van der Waals surface area (Å²) in [7, 11) is 0. The molecule has 4 nitrogen and oxygen atoms in total. The van der Waals surface area contributed by atoms with Gasteiger partial charge in [0.25, 0.3) is 0 Å². The Labute approximate surface area is 71.0 Å². The number of aliphatic hydroxyl groups excluding tert-OH is 1. The second kappa shape index (κ2) is 3.42. The van der Waals surface area contributed by atoms with E-state index in [1.165, 1.54) is 0 Å². The highest BCUT2D eigenvalue weighted by molar-refractivity contribution is 5.67. The minimum Gasteiger partial charge on any atom is -0.397 e. The van der Waals surface area contributed by atoms with Crippen molar-refractivity contribution in [1.82, 2.24) is 0 Å². The van der Waals surface area contributed by atoms with Crippen molar-refractivity contribution in [1.29, 1.82) is 0 Å². The lowest BCUT2D eigenvalue weighted by Crippen LogP contribution is -2.16. The maximum atomic E-state index is 8.78. The van der Waals surface area contributed by atoms with Crippen LogP contribution in [-0.4, -0.2) is 11.7 Å². The summed E-state index contributed by atoms with van der Waals surface area (Å²) in [4.78, 5) is 0. The summed E-state index contributed by atoms with van der Waals surface area (Å²) in [6, 6.07) is 4.76. The summed E-state index contributed by atoms with van der Waals surface area (Å²) < 4.78 is 0. The molecule has 0 fully saturated rings. The maximum Gasteiger partial charge on any atom is 0.0625 e. The van der Waals surface area contributed by atoms with Crippen LogP contribution in [-0.2, 0) is 0 Å². The standard InChI is InChI=1S/C8H13N3O/c9-6-3-1-2-5(8(6)11)7(10)4-12/h1-3,7,12H,4,9-11H2/t7-/m0/s1. The first-order valence-corrected chi connectivity index (χ1v) is 3.67.